The minimum absolute atomic E-state index is 0.443. The van der Waals surface area contributed by atoms with Crippen LogP contribution in [-0.2, 0) is 6.61 Å². The molecule has 0 atom stereocenters. The SMILES string of the molecule is NNc1cccc(OCc2ccc(Cl)cc2)n1. The third-order valence-corrected chi connectivity index (χ3v) is 2.42. The summed E-state index contributed by atoms with van der Waals surface area (Å²) in [6.07, 6.45) is 0. The third kappa shape index (κ3) is 3.34. The van der Waals surface area contributed by atoms with Crippen LogP contribution in [-0.4, -0.2) is 4.98 Å². The molecule has 3 N–H and O–H groups in total. The Hall–Kier alpha value is -1.78. The van der Waals surface area contributed by atoms with Gasteiger partial charge >= 0.3 is 0 Å². The first-order valence-corrected chi connectivity index (χ1v) is 5.46. The Morgan fingerprint density at radius 1 is 1.18 bits per heavy atom. The highest BCUT2D eigenvalue weighted by atomic mass is 35.5. The van der Waals surface area contributed by atoms with Gasteiger partial charge in [0, 0.05) is 11.1 Å². The van der Waals surface area contributed by atoms with Gasteiger partial charge in [-0.25, -0.2) is 5.84 Å². The fourth-order valence-electron chi connectivity index (χ4n) is 1.31. The van der Waals surface area contributed by atoms with Gasteiger partial charge in [-0.1, -0.05) is 29.8 Å². The van der Waals surface area contributed by atoms with Crippen molar-refractivity contribution in [3.05, 3.63) is 53.1 Å². The van der Waals surface area contributed by atoms with E-state index >= 15 is 0 Å². The number of nitrogens with one attached hydrogen (secondary N) is 1. The second-order valence-corrected chi connectivity index (χ2v) is 3.86. The summed E-state index contributed by atoms with van der Waals surface area (Å²) < 4.78 is 5.52. The number of nitrogens with two attached hydrogens (primary N) is 1. The molecule has 0 amide bonds. The Labute approximate surface area is 104 Å². The number of nitrogen functional groups attached to an aromatic ring is 1. The van der Waals surface area contributed by atoms with Crippen LogP contribution in [0.2, 0.25) is 5.02 Å². The van der Waals surface area contributed by atoms with Crippen molar-refractivity contribution < 1.29 is 4.74 Å². The Balaban J connectivity index is 1.99. The molecule has 0 saturated carbocycles. The lowest BCUT2D eigenvalue weighted by Gasteiger charge is -2.06. The number of hydrazine groups is 1. The summed E-state index contributed by atoms with van der Waals surface area (Å²) in [5.41, 5.74) is 3.49. The smallest absolute Gasteiger partial charge is 0.215 e. The van der Waals surface area contributed by atoms with Gasteiger partial charge in [-0.15, -0.1) is 0 Å². The van der Waals surface area contributed by atoms with E-state index in [9.17, 15) is 0 Å². The highest BCUT2D eigenvalue weighted by molar-refractivity contribution is 6.30. The minimum atomic E-state index is 0.443. The van der Waals surface area contributed by atoms with E-state index in [1.807, 2.05) is 30.3 Å². The van der Waals surface area contributed by atoms with Gasteiger partial charge in [-0.3, -0.25) is 0 Å². The van der Waals surface area contributed by atoms with Crippen molar-refractivity contribution >= 4 is 17.4 Å². The van der Waals surface area contributed by atoms with Crippen molar-refractivity contribution in [1.82, 2.24) is 4.98 Å². The molecule has 1 heterocycles. The standard InChI is InChI=1S/C12H12ClN3O/c13-10-6-4-9(5-7-10)8-17-12-3-1-2-11(15-12)16-14/h1-7H,8,14H2,(H,15,16). The normalized spacial score (nSPS) is 10.0. The van der Waals surface area contributed by atoms with Gasteiger partial charge in [-0.05, 0) is 23.8 Å². The highest BCUT2D eigenvalue weighted by Crippen LogP contribution is 2.14. The number of ether oxygens (including phenoxy) is 1. The first-order valence-electron chi connectivity index (χ1n) is 5.09. The van der Waals surface area contributed by atoms with Crippen molar-refractivity contribution in [3.63, 3.8) is 0 Å². The largest absolute Gasteiger partial charge is 0.473 e. The molecule has 1 aromatic carbocycles. The van der Waals surface area contributed by atoms with Crippen LogP contribution in [0, 0.1) is 0 Å². The molecule has 0 spiro atoms. The Bertz CT molecular complexity index is 487. The topological polar surface area (TPSA) is 60.2 Å². The van der Waals surface area contributed by atoms with Crippen molar-refractivity contribution in [3.8, 4) is 5.88 Å². The lowest BCUT2D eigenvalue weighted by molar-refractivity contribution is 0.294. The molecule has 0 aliphatic rings. The molecule has 0 saturated heterocycles. The van der Waals surface area contributed by atoms with Gasteiger partial charge < -0.3 is 10.2 Å². The molecule has 5 heteroatoms. The number of hydrogen-bond donors (Lipinski definition) is 2. The van der Waals surface area contributed by atoms with Gasteiger partial charge in [0.05, 0.1) is 0 Å². The Morgan fingerprint density at radius 3 is 2.65 bits per heavy atom. The zero-order valence-corrected chi connectivity index (χ0v) is 9.82. The summed E-state index contributed by atoms with van der Waals surface area (Å²) in [6.45, 7) is 0.443. The van der Waals surface area contributed by atoms with Crippen LogP contribution >= 0.6 is 11.6 Å². The van der Waals surface area contributed by atoms with E-state index in [4.69, 9.17) is 22.2 Å². The minimum Gasteiger partial charge on any atom is -0.473 e. The number of hydrogen-bond acceptors (Lipinski definition) is 4. The van der Waals surface area contributed by atoms with Crippen LogP contribution in [0.25, 0.3) is 0 Å². The second kappa shape index (κ2) is 5.52. The van der Waals surface area contributed by atoms with E-state index in [-0.39, 0.29) is 0 Å². The predicted octanol–water partition coefficient (Wildman–Crippen LogP) is 2.60. The summed E-state index contributed by atoms with van der Waals surface area (Å²) in [6, 6.07) is 12.8. The molecule has 4 nitrogen and oxygen atoms in total. The average Bonchev–Trinajstić information content (AvgIpc) is 2.38. The molecule has 0 aliphatic heterocycles. The number of aromatic nitrogens is 1. The highest BCUT2D eigenvalue weighted by Gasteiger charge is 1.98. The second-order valence-electron chi connectivity index (χ2n) is 3.42. The molecule has 2 aromatic rings. The monoisotopic (exact) mass is 249 g/mol. The van der Waals surface area contributed by atoms with Crippen molar-refractivity contribution in [1.29, 1.82) is 0 Å². The molecule has 1 aromatic heterocycles. The van der Waals surface area contributed by atoms with Crippen LogP contribution in [0.5, 0.6) is 5.88 Å². The molecule has 0 unspecified atom stereocenters. The molecular weight excluding hydrogens is 238 g/mol. The van der Waals surface area contributed by atoms with E-state index in [2.05, 4.69) is 10.4 Å². The van der Waals surface area contributed by atoms with Crippen LogP contribution in [0.15, 0.2) is 42.5 Å². The van der Waals surface area contributed by atoms with Gasteiger partial charge in [-0.2, -0.15) is 4.98 Å². The number of anilines is 1. The van der Waals surface area contributed by atoms with Gasteiger partial charge in [0.25, 0.3) is 0 Å². The number of nitrogens with zero attached hydrogens (tertiary/aromatic N) is 1. The fourth-order valence-corrected chi connectivity index (χ4v) is 1.44. The van der Waals surface area contributed by atoms with Gasteiger partial charge in [0.15, 0.2) is 0 Å². The Morgan fingerprint density at radius 2 is 1.94 bits per heavy atom. The molecule has 17 heavy (non-hydrogen) atoms. The van der Waals surface area contributed by atoms with E-state index in [1.165, 1.54) is 0 Å². The van der Waals surface area contributed by atoms with Crippen LogP contribution < -0.4 is 16.0 Å². The maximum absolute atomic E-state index is 5.79. The lowest BCUT2D eigenvalue weighted by atomic mass is 10.2. The number of benzene rings is 1. The number of halogens is 1. The average molecular weight is 250 g/mol. The summed E-state index contributed by atoms with van der Waals surface area (Å²) in [7, 11) is 0. The van der Waals surface area contributed by atoms with Crippen molar-refractivity contribution in [2.45, 2.75) is 6.61 Å². The molecule has 88 valence electrons. The van der Waals surface area contributed by atoms with Gasteiger partial charge in [0.1, 0.15) is 12.4 Å². The zero-order valence-electron chi connectivity index (χ0n) is 9.06. The first kappa shape index (κ1) is 11.7. The Kier molecular flexibility index (Phi) is 3.80. The van der Waals surface area contributed by atoms with Crippen molar-refractivity contribution in [2.24, 2.45) is 5.84 Å². The summed E-state index contributed by atoms with van der Waals surface area (Å²) in [4.78, 5) is 4.14. The van der Waals surface area contributed by atoms with Crippen molar-refractivity contribution in [2.75, 3.05) is 5.43 Å². The molecular formula is C12H12ClN3O. The maximum Gasteiger partial charge on any atom is 0.215 e. The zero-order chi connectivity index (χ0) is 12.1. The van der Waals surface area contributed by atoms with E-state index in [0.29, 0.717) is 23.3 Å². The fraction of sp³-hybridized carbons (Fsp3) is 0.0833. The van der Waals surface area contributed by atoms with E-state index in [0.717, 1.165) is 5.56 Å². The molecule has 0 bridgehead atoms. The van der Waals surface area contributed by atoms with Crippen LogP contribution in [0.3, 0.4) is 0 Å². The summed E-state index contributed by atoms with van der Waals surface area (Å²) >= 11 is 5.79. The predicted molar refractivity (Wildman–Crippen MR) is 67.8 cm³/mol. The molecule has 0 radical (unpaired) electrons. The van der Waals surface area contributed by atoms with E-state index < -0.39 is 0 Å². The quantitative estimate of drug-likeness (QED) is 0.646. The number of rotatable bonds is 4. The van der Waals surface area contributed by atoms with Gasteiger partial charge in [0.2, 0.25) is 5.88 Å². The summed E-state index contributed by atoms with van der Waals surface area (Å²) in [5.74, 6) is 6.35. The van der Waals surface area contributed by atoms with Crippen LogP contribution in [0.1, 0.15) is 5.56 Å². The molecule has 0 fully saturated rings. The maximum atomic E-state index is 5.79. The third-order valence-electron chi connectivity index (χ3n) is 2.17. The van der Waals surface area contributed by atoms with Crippen LogP contribution in [0.4, 0.5) is 5.82 Å². The lowest BCUT2D eigenvalue weighted by Crippen LogP contribution is -2.08. The molecule has 0 aliphatic carbocycles. The summed E-state index contributed by atoms with van der Waals surface area (Å²) in [5, 5.41) is 0.709. The molecule has 2 rings (SSSR count). The van der Waals surface area contributed by atoms with E-state index in [1.54, 1.807) is 12.1 Å². The first-order chi connectivity index (χ1) is 8.28. The number of pyridine rings is 1.